The lowest BCUT2D eigenvalue weighted by molar-refractivity contribution is 0.123. The highest BCUT2D eigenvalue weighted by Gasteiger charge is 2.27. The van der Waals surface area contributed by atoms with Crippen LogP contribution in [0.25, 0.3) is 0 Å². The van der Waals surface area contributed by atoms with Crippen LogP contribution in [0.5, 0.6) is 0 Å². The van der Waals surface area contributed by atoms with Crippen LogP contribution in [0.1, 0.15) is 42.1 Å². The van der Waals surface area contributed by atoms with Crippen molar-refractivity contribution < 1.29 is 4.74 Å². The van der Waals surface area contributed by atoms with Crippen molar-refractivity contribution in [3.63, 3.8) is 0 Å². The van der Waals surface area contributed by atoms with Gasteiger partial charge in [0.15, 0.2) is 0 Å². The number of hydrogen-bond acceptors (Lipinski definition) is 5. The van der Waals surface area contributed by atoms with E-state index in [-0.39, 0.29) is 0 Å². The van der Waals surface area contributed by atoms with E-state index in [4.69, 9.17) is 4.74 Å². The van der Waals surface area contributed by atoms with Gasteiger partial charge in [0.05, 0.1) is 12.7 Å². The van der Waals surface area contributed by atoms with Gasteiger partial charge in [-0.05, 0) is 26.2 Å². The fourth-order valence-corrected chi connectivity index (χ4v) is 2.90. The molecule has 1 aromatic heterocycles. The Labute approximate surface area is 99.4 Å². The molecule has 2 atom stereocenters. The number of rotatable bonds is 4. The summed E-state index contributed by atoms with van der Waals surface area (Å²) in [5.41, 5.74) is 0. The highest BCUT2D eigenvalue weighted by atomic mass is 32.1. The van der Waals surface area contributed by atoms with E-state index in [2.05, 4.69) is 22.4 Å². The minimum Gasteiger partial charge on any atom is -0.378 e. The topological polar surface area (TPSA) is 47.0 Å². The van der Waals surface area contributed by atoms with Crippen LogP contribution in [-0.4, -0.2) is 29.0 Å². The molecule has 0 spiro atoms. The quantitative estimate of drug-likeness (QED) is 0.868. The third kappa shape index (κ3) is 2.42. The van der Waals surface area contributed by atoms with E-state index in [0.29, 0.717) is 12.0 Å². The molecule has 1 saturated heterocycles. The molecule has 2 unspecified atom stereocenters. The number of ether oxygens (including phenoxy) is 1. The maximum atomic E-state index is 5.56. The Hall–Kier alpha value is -0.520. The van der Waals surface area contributed by atoms with Crippen molar-refractivity contribution in [1.29, 1.82) is 0 Å². The third-order valence-corrected chi connectivity index (χ3v) is 4.24. The largest absolute Gasteiger partial charge is 0.378 e. The van der Waals surface area contributed by atoms with Crippen molar-refractivity contribution in [3.8, 4) is 0 Å². The summed E-state index contributed by atoms with van der Waals surface area (Å²) < 4.78 is 5.56. The van der Waals surface area contributed by atoms with E-state index in [1.54, 1.807) is 11.3 Å². The van der Waals surface area contributed by atoms with Crippen molar-refractivity contribution in [3.05, 3.63) is 10.0 Å². The Morgan fingerprint density at radius 2 is 2.31 bits per heavy atom. The molecule has 1 aliphatic carbocycles. The molecule has 0 aromatic carbocycles. The summed E-state index contributed by atoms with van der Waals surface area (Å²) in [6, 6.07) is 0.738. The zero-order valence-electron chi connectivity index (χ0n) is 9.48. The van der Waals surface area contributed by atoms with Gasteiger partial charge in [0.2, 0.25) is 0 Å². The molecule has 2 fully saturated rings. The van der Waals surface area contributed by atoms with E-state index >= 15 is 0 Å². The maximum absolute atomic E-state index is 5.56. The van der Waals surface area contributed by atoms with Gasteiger partial charge in [-0.25, -0.2) is 0 Å². The average Bonchev–Trinajstić information content (AvgIpc) is 2.81. The molecule has 0 radical (unpaired) electrons. The minimum atomic E-state index is 0.377. The van der Waals surface area contributed by atoms with E-state index in [0.717, 1.165) is 35.6 Å². The van der Waals surface area contributed by atoms with E-state index in [9.17, 15) is 0 Å². The zero-order valence-corrected chi connectivity index (χ0v) is 10.3. The van der Waals surface area contributed by atoms with Crippen LogP contribution in [-0.2, 0) is 11.3 Å². The molecular formula is C11H17N3OS. The minimum absolute atomic E-state index is 0.377. The summed E-state index contributed by atoms with van der Waals surface area (Å²) in [5, 5.41) is 14.2. The molecule has 0 bridgehead atoms. The molecule has 1 saturated carbocycles. The number of hydrogen-bond donors (Lipinski definition) is 1. The van der Waals surface area contributed by atoms with Crippen molar-refractivity contribution in [1.82, 2.24) is 15.5 Å². The first-order valence-corrected chi connectivity index (χ1v) is 6.80. The molecule has 4 nitrogen and oxygen atoms in total. The van der Waals surface area contributed by atoms with Crippen LogP contribution in [0.15, 0.2) is 0 Å². The summed E-state index contributed by atoms with van der Waals surface area (Å²) >= 11 is 1.74. The molecule has 16 heavy (non-hydrogen) atoms. The second-order valence-corrected chi connectivity index (χ2v) is 5.86. The predicted molar refractivity (Wildman–Crippen MR) is 62.5 cm³/mol. The van der Waals surface area contributed by atoms with Gasteiger partial charge in [0.25, 0.3) is 0 Å². The van der Waals surface area contributed by atoms with Crippen LogP contribution in [0, 0.1) is 0 Å². The van der Waals surface area contributed by atoms with Gasteiger partial charge in [0.1, 0.15) is 10.0 Å². The molecule has 88 valence electrons. The van der Waals surface area contributed by atoms with E-state index < -0.39 is 0 Å². The first-order valence-electron chi connectivity index (χ1n) is 5.98. The Kier molecular flexibility index (Phi) is 2.91. The lowest BCUT2D eigenvalue weighted by Gasteiger charge is -2.00. The maximum Gasteiger partial charge on any atom is 0.131 e. The Bertz CT molecular complexity index is 364. The molecule has 1 N–H and O–H groups in total. The van der Waals surface area contributed by atoms with Crippen molar-refractivity contribution in [2.75, 3.05) is 6.61 Å². The van der Waals surface area contributed by atoms with Crippen LogP contribution in [0.2, 0.25) is 0 Å². The van der Waals surface area contributed by atoms with E-state index in [1.807, 2.05) is 0 Å². The standard InChI is InChI=1S/C11H17N3OS/c1-7-4-8(6-15-7)11-14-13-10(16-11)5-12-9-2-3-9/h7-9,12H,2-6H2,1H3. The first kappa shape index (κ1) is 10.6. The summed E-state index contributed by atoms with van der Waals surface area (Å²) in [4.78, 5) is 0. The van der Waals surface area contributed by atoms with Crippen LogP contribution >= 0.6 is 11.3 Å². The molecule has 0 amide bonds. The van der Waals surface area contributed by atoms with Crippen molar-refractivity contribution >= 4 is 11.3 Å². The first-order chi connectivity index (χ1) is 7.81. The molecule has 1 aliphatic heterocycles. The number of nitrogens with zero attached hydrogens (tertiary/aromatic N) is 2. The molecular weight excluding hydrogens is 222 g/mol. The molecule has 5 heteroatoms. The average molecular weight is 239 g/mol. The lowest BCUT2D eigenvalue weighted by atomic mass is 10.1. The van der Waals surface area contributed by atoms with Gasteiger partial charge in [-0.2, -0.15) is 0 Å². The number of nitrogens with one attached hydrogen (secondary N) is 1. The smallest absolute Gasteiger partial charge is 0.131 e. The Balaban J connectivity index is 1.58. The van der Waals surface area contributed by atoms with Crippen molar-refractivity contribution in [2.24, 2.45) is 0 Å². The second-order valence-electron chi connectivity index (χ2n) is 4.77. The fourth-order valence-electron chi connectivity index (χ4n) is 2.01. The summed E-state index contributed by atoms with van der Waals surface area (Å²) in [7, 11) is 0. The van der Waals surface area contributed by atoms with Crippen LogP contribution < -0.4 is 5.32 Å². The van der Waals surface area contributed by atoms with Gasteiger partial charge in [-0.3, -0.25) is 0 Å². The third-order valence-electron chi connectivity index (χ3n) is 3.15. The van der Waals surface area contributed by atoms with E-state index in [1.165, 1.54) is 12.8 Å². The summed E-state index contributed by atoms with van der Waals surface area (Å²) in [5.74, 6) is 0.474. The van der Waals surface area contributed by atoms with Gasteiger partial charge in [-0.1, -0.05) is 11.3 Å². The lowest BCUT2D eigenvalue weighted by Crippen LogP contribution is -2.14. The molecule has 2 aliphatic rings. The normalized spacial score (nSPS) is 29.8. The Morgan fingerprint density at radius 3 is 3.00 bits per heavy atom. The predicted octanol–water partition coefficient (Wildman–Crippen LogP) is 1.68. The highest BCUT2D eigenvalue weighted by Crippen LogP contribution is 2.31. The zero-order chi connectivity index (χ0) is 11.0. The fraction of sp³-hybridized carbons (Fsp3) is 0.818. The SMILES string of the molecule is CC1CC(c2nnc(CNC3CC3)s2)CO1. The van der Waals surface area contributed by atoms with Crippen molar-refractivity contribution in [2.45, 2.75) is 50.8 Å². The monoisotopic (exact) mass is 239 g/mol. The summed E-state index contributed by atoms with van der Waals surface area (Å²) in [6.45, 7) is 3.81. The molecule has 2 heterocycles. The second kappa shape index (κ2) is 4.39. The molecule has 1 aromatic rings. The summed E-state index contributed by atoms with van der Waals surface area (Å²) in [6.07, 6.45) is 4.10. The Morgan fingerprint density at radius 1 is 1.44 bits per heavy atom. The van der Waals surface area contributed by atoms with Crippen LogP contribution in [0.3, 0.4) is 0 Å². The van der Waals surface area contributed by atoms with Crippen LogP contribution in [0.4, 0.5) is 0 Å². The van der Waals surface area contributed by atoms with Gasteiger partial charge in [0, 0.05) is 18.5 Å². The molecule has 3 rings (SSSR count). The van der Waals surface area contributed by atoms with Gasteiger partial charge < -0.3 is 10.1 Å². The highest BCUT2D eigenvalue weighted by molar-refractivity contribution is 7.11. The van der Waals surface area contributed by atoms with Gasteiger partial charge >= 0.3 is 0 Å². The number of aromatic nitrogens is 2. The van der Waals surface area contributed by atoms with Gasteiger partial charge in [-0.15, -0.1) is 10.2 Å².